The first-order valence-corrected chi connectivity index (χ1v) is 9.63. The van der Waals surface area contributed by atoms with Crippen molar-refractivity contribution in [1.29, 1.82) is 0 Å². The molecule has 3 nitrogen and oxygen atoms in total. The van der Waals surface area contributed by atoms with E-state index >= 15 is 0 Å². The Hall–Kier alpha value is 0.643. The molecule has 0 fully saturated rings. The average molecular weight is 371 g/mol. The van der Waals surface area contributed by atoms with Crippen LogP contribution in [0.2, 0.25) is 0 Å². The summed E-state index contributed by atoms with van der Waals surface area (Å²) in [5.74, 6) is 0. The Morgan fingerprint density at radius 3 is 1.33 bits per heavy atom. The molecule has 0 saturated carbocycles. The second-order valence-corrected chi connectivity index (χ2v) is 6.39. The van der Waals surface area contributed by atoms with Gasteiger partial charge >= 0.3 is 8.25 Å². The van der Waals surface area contributed by atoms with Crippen LogP contribution < -0.4 is 0 Å². The van der Waals surface area contributed by atoms with E-state index in [4.69, 9.17) is 9.05 Å². The standard InChI is InChI=1S/C16H34O3P.Zn/c1-3-5-7-9-11-13-15-18-20(17)19-16-14-12-10-8-6-4-2;/h3-16H2,1-2H3;/q+1;. The SMILES string of the molecule is CCCCCCCCO[P+](=O)OCCCCCCCC.[Zn]. The van der Waals surface area contributed by atoms with E-state index in [9.17, 15) is 4.57 Å². The van der Waals surface area contributed by atoms with E-state index < -0.39 is 8.25 Å². The third-order valence-corrected chi connectivity index (χ3v) is 4.18. The average Bonchev–Trinajstić information content (AvgIpc) is 2.45. The van der Waals surface area contributed by atoms with Crippen molar-refractivity contribution >= 4 is 8.25 Å². The smallest absolute Gasteiger partial charge is 0.119 e. The van der Waals surface area contributed by atoms with Crippen molar-refractivity contribution in [3.63, 3.8) is 0 Å². The fourth-order valence-corrected chi connectivity index (χ4v) is 2.71. The molecule has 0 aliphatic rings. The van der Waals surface area contributed by atoms with Gasteiger partial charge < -0.3 is 0 Å². The third kappa shape index (κ3) is 20.6. The van der Waals surface area contributed by atoms with Crippen molar-refractivity contribution in [2.75, 3.05) is 13.2 Å². The number of rotatable bonds is 16. The van der Waals surface area contributed by atoms with Gasteiger partial charge in [0.05, 0.1) is 0 Å². The van der Waals surface area contributed by atoms with Gasteiger partial charge in [-0.05, 0) is 12.8 Å². The molecule has 0 radical (unpaired) electrons. The van der Waals surface area contributed by atoms with E-state index in [0.29, 0.717) is 13.2 Å². The van der Waals surface area contributed by atoms with Crippen LogP contribution in [-0.4, -0.2) is 13.2 Å². The summed E-state index contributed by atoms with van der Waals surface area (Å²) in [5.41, 5.74) is 0. The Kier molecular flexibility index (Phi) is 23.5. The summed E-state index contributed by atoms with van der Waals surface area (Å²) in [6.07, 6.45) is 14.6. The molecule has 122 valence electrons. The zero-order valence-electron chi connectivity index (χ0n) is 14.3. The molecule has 0 aromatic rings. The van der Waals surface area contributed by atoms with E-state index in [0.717, 1.165) is 12.8 Å². The first-order chi connectivity index (χ1) is 9.81. The van der Waals surface area contributed by atoms with Gasteiger partial charge in [0.15, 0.2) is 0 Å². The first-order valence-electron chi connectivity index (χ1n) is 8.54. The van der Waals surface area contributed by atoms with Gasteiger partial charge in [0.1, 0.15) is 13.2 Å². The summed E-state index contributed by atoms with van der Waals surface area (Å²) in [7, 11) is -1.89. The van der Waals surface area contributed by atoms with Gasteiger partial charge in [-0.15, -0.1) is 9.05 Å². The second-order valence-electron chi connectivity index (χ2n) is 5.43. The number of hydrogen-bond acceptors (Lipinski definition) is 3. The van der Waals surface area contributed by atoms with Crippen LogP contribution in [0.5, 0.6) is 0 Å². The van der Waals surface area contributed by atoms with Gasteiger partial charge in [-0.1, -0.05) is 78.1 Å². The molecule has 21 heavy (non-hydrogen) atoms. The van der Waals surface area contributed by atoms with E-state index in [1.54, 1.807) is 0 Å². The van der Waals surface area contributed by atoms with Crippen LogP contribution in [0.25, 0.3) is 0 Å². The van der Waals surface area contributed by atoms with Crippen LogP contribution in [0.1, 0.15) is 90.9 Å². The van der Waals surface area contributed by atoms with Crippen molar-refractivity contribution in [2.45, 2.75) is 90.9 Å². The van der Waals surface area contributed by atoms with E-state index in [1.807, 2.05) is 0 Å². The monoisotopic (exact) mass is 369 g/mol. The van der Waals surface area contributed by atoms with Crippen LogP contribution in [0.3, 0.4) is 0 Å². The van der Waals surface area contributed by atoms with E-state index in [2.05, 4.69) is 13.8 Å². The quantitative estimate of drug-likeness (QED) is 0.179. The minimum Gasteiger partial charge on any atom is -0.119 e. The summed E-state index contributed by atoms with van der Waals surface area (Å²) in [6.45, 7) is 5.57. The van der Waals surface area contributed by atoms with Crippen LogP contribution in [0.15, 0.2) is 0 Å². The van der Waals surface area contributed by atoms with Gasteiger partial charge in [0.25, 0.3) is 0 Å². The molecule has 0 atom stereocenters. The molecule has 0 unspecified atom stereocenters. The van der Waals surface area contributed by atoms with Gasteiger partial charge in [-0.25, -0.2) is 0 Å². The van der Waals surface area contributed by atoms with Crippen molar-refractivity contribution in [3.05, 3.63) is 0 Å². The van der Waals surface area contributed by atoms with Crippen molar-refractivity contribution < 1.29 is 33.1 Å². The van der Waals surface area contributed by atoms with E-state index in [1.165, 1.54) is 64.2 Å². The molecule has 0 rings (SSSR count). The van der Waals surface area contributed by atoms with Crippen LogP contribution in [-0.2, 0) is 33.1 Å². The summed E-state index contributed by atoms with van der Waals surface area (Å²) in [5, 5.41) is 0. The molecule has 0 saturated heterocycles. The summed E-state index contributed by atoms with van der Waals surface area (Å²) in [6, 6.07) is 0. The second kappa shape index (κ2) is 20.6. The molecule has 0 N–H and O–H groups in total. The summed E-state index contributed by atoms with van der Waals surface area (Å²) < 4.78 is 21.8. The van der Waals surface area contributed by atoms with Crippen LogP contribution in [0.4, 0.5) is 0 Å². The van der Waals surface area contributed by atoms with E-state index in [-0.39, 0.29) is 19.5 Å². The maximum Gasteiger partial charge on any atom is 0.697 e. The fraction of sp³-hybridized carbons (Fsp3) is 1.00. The molecule has 0 heterocycles. The molecular weight excluding hydrogens is 337 g/mol. The molecule has 0 aromatic heterocycles. The predicted octanol–water partition coefficient (Wildman–Crippen LogP) is 6.40. The largest absolute Gasteiger partial charge is 0.697 e. The Morgan fingerprint density at radius 1 is 0.619 bits per heavy atom. The zero-order chi connectivity index (χ0) is 14.9. The number of hydrogen-bond donors (Lipinski definition) is 0. The predicted molar refractivity (Wildman–Crippen MR) is 86.3 cm³/mol. The summed E-state index contributed by atoms with van der Waals surface area (Å²) in [4.78, 5) is 0. The Morgan fingerprint density at radius 2 is 0.952 bits per heavy atom. The zero-order valence-corrected chi connectivity index (χ0v) is 18.1. The van der Waals surface area contributed by atoms with Gasteiger partial charge in [-0.3, -0.25) is 0 Å². The molecule has 0 aliphatic heterocycles. The van der Waals surface area contributed by atoms with Crippen molar-refractivity contribution in [2.24, 2.45) is 0 Å². The minimum atomic E-state index is -1.89. The molecule has 0 bridgehead atoms. The third-order valence-electron chi connectivity index (χ3n) is 3.39. The topological polar surface area (TPSA) is 35.5 Å². The van der Waals surface area contributed by atoms with Gasteiger partial charge in [0.2, 0.25) is 0 Å². The van der Waals surface area contributed by atoms with Gasteiger partial charge in [0, 0.05) is 24.0 Å². The minimum absolute atomic E-state index is 0. The molecule has 5 heteroatoms. The maximum absolute atomic E-state index is 11.4. The maximum atomic E-state index is 11.4. The molecule has 0 aliphatic carbocycles. The Bertz CT molecular complexity index is 196. The van der Waals surface area contributed by atoms with Crippen LogP contribution >= 0.6 is 8.25 Å². The summed E-state index contributed by atoms with van der Waals surface area (Å²) >= 11 is 0. The van der Waals surface area contributed by atoms with Crippen molar-refractivity contribution in [3.8, 4) is 0 Å². The van der Waals surface area contributed by atoms with Gasteiger partial charge in [-0.2, -0.15) is 0 Å². The molecular formula is C16H34O3PZn+. The molecule has 0 amide bonds. The normalized spacial score (nSPS) is 10.4. The van der Waals surface area contributed by atoms with Crippen molar-refractivity contribution in [1.82, 2.24) is 0 Å². The Labute approximate surface area is 145 Å². The fourth-order valence-electron chi connectivity index (χ4n) is 2.08. The molecule has 0 aromatic carbocycles. The Balaban J connectivity index is 0. The molecule has 0 spiro atoms. The first kappa shape index (κ1) is 23.9. The number of unbranched alkanes of at least 4 members (excludes halogenated alkanes) is 10. The van der Waals surface area contributed by atoms with Crippen LogP contribution in [0, 0.1) is 0 Å².